The minimum atomic E-state index is -0.415. The molecule has 0 unspecified atom stereocenters. The van der Waals surface area contributed by atoms with Crippen molar-refractivity contribution in [3.63, 3.8) is 0 Å². The van der Waals surface area contributed by atoms with Crippen molar-refractivity contribution in [1.82, 2.24) is 4.57 Å². The Kier molecular flexibility index (Phi) is 2.82. The van der Waals surface area contributed by atoms with E-state index in [1.165, 1.54) is 19.3 Å². The quantitative estimate of drug-likeness (QED) is 0.617. The maximum atomic E-state index is 11.1. The monoisotopic (exact) mass is 246 g/mol. The normalized spacial score (nSPS) is 10.6. The lowest BCUT2D eigenvalue weighted by Crippen LogP contribution is -1.97. The third kappa shape index (κ3) is 1.55. The number of nitrogens with zero attached hydrogens (tertiary/aromatic N) is 2. The van der Waals surface area contributed by atoms with Crippen LogP contribution in [0.3, 0.4) is 0 Å². The van der Waals surface area contributed by atoms with Crippen LogP contribution in [0.15, 0.2) is 18.7 Å². The number of hydrogen-bond donors (Lipinski definition) is 0. The van der Waals surface area contributed by atoms with Crippen LogP contribution in [0.4, 0.5) is 5.69 Å². The third-order valence-corrected chi connectivity index (χ3v) is 3.16. The van der Waals surface area contributed by atoms with Gasteiger partial charge in [0.15, 0.2) is 0 Å². The number of nitro benzene ring substituents is 1. The lowest BCUT2D eigenvalue weighted by molar-refractivity contribution is -0.385. The Hall–Kier alpha value is -2.30. The number of methoxy groups -OCH3 is 1. The van der Waals surface area contributed by atoms with Crippen LogP contribution < -0.4 is 4.74 Å². The van der Waals surface area contributed by atoms with Crippen LogP contribution in [0, 0.1) is 17.0 Å². The van der Waals surface area contributed by atoms with E-state index >= 15 is 0 Å². The average molecular weight is 246 g/mol. The number of aryl methyl sites for hydroxylation is 2. The zero-order valence-corrected chi connectivity index (χ0v) is 10.6. The minimum Gasteiger partial charge on any atom is -0.494 e. The van der Waals surface area contributed by atoms with Gasteiger partial charge in [-0.3, -0.25) is 10.1 Å². The van der Waals surface area contributed by atoms with Gasteiger partial charge in [0.25, 0.3) is 5.69 Å². The Morgan fingerprint density at radius 3 is 2.67 bits per heavy atom. The highest BCUT2D eigenvalue weighted by Gasteiger charge is 2.21. The smallest absolute Gasteiger partial charge is 0.281 e. The Morgan fingerprint density at radius 1 is 1.50 bits per heavy atom. The maximum absolute atomic E-state index is 11.1. The summed E-state index contributed by atoms with van der Waals surface area (Å²) in [5.41, 5.74) is 2.39. The summed E-state index contributed by atoms with van der Waals surface area (Å²) in [4.78, 5) is 10.7. The molecule has 5 heteroatoms. The zero-order chi connectivity index (χ0) is 13.4. The van der Waals surface area contributed by atoms with Crippen molar-refractivity contribution in [1.29, 1.82) is 0 Å². The van der Waals surface area contributed by atoms with Crippen molar-refractivity contribution in [3.8, 4) is 5.75 Å². The van der Waals surface area contributed by atoms with Crippen LogP contribution in [0.25, 0.3) is 17.0 Å². The highest BCUT2D eigenvalue weighted by molar-refractivity contribution is 5.97. The van der Waals surface area contributed by atoms with Gasteiger partial charge in [0.05, 0.1) is 29.2 Å². The van der Waals surface area contributed by atoms with Crippen molar-refractivity contribution in [2.45, 2.75) is 6.92 Å². The van der Waals surface area contributed by atoms with E-state index in [0.717, 1.165) is 16.6 Å². The van der Waals surface area contributed by atoms with Gasteiger partial charge in [-0.1, -0.05) is 12.7 Å². The first kappa shape index (κ1) is 12.2. The molecule has 0 saturated carbocycles. The summed E-state index contributed by atoms with van der Waals surface area (Å²) >= 11 is 0. The highest BCUT2D eigenvalue weighted by atomic mass is 16.6. The van der Waals surface area contributed by atoms with Crippen molar-refractivity contribution >= 4 is 22.7 Å². The van der Waals surface area contributed by atoms with E-state index in [-0.39, 0.29) is 5.69 Å². The van der Waals surface area contributed by atoms with E-state index in [9.17, 15) is 10.1 Å². The molecule has 1 aromatic carbocycles. The Morgan fingerprint density at radius 2 is 2.17 bits per heavy atom. The van der Waals surface area contributed by atoms with Crippen molar-refractivity contribution in [2.75, 3.05) is 7.11 Å². The molecule has 1 heterocycles. The molecule has 5 nitrogen and oxygen atoms in total. The minimum absolute atomic E-state index is 0.0138. The molecule has 1 aromatic heterocycles. The molecule has 0 N–H and O–H groups in total. The number of benzene rings is 1. The summed E-state index contributed by atoms with van der Waals surface area (Å²) in [6, 6.07) is 3.35. The van der Waals surface area contributed by atoms with Crippen LogP contribution >= 0.6 is 0 Å². The predicted octanol–water partition coefficient (Wildman–Crippen LogP) is 3.05. The van der Waals surface area contributed by atoms with Gasteiger partial charge in [-0.05, 0) is 13.0 Å². The van der Waals surface area contributed by atoms with E-state index in [0.29, 0.717) is 11.3 Å². The molecule has 0 fully saturated rings. The zero-order valence-electron chi connectivity index (χ0n) is 10.6. The van der Waals surface area contributed by atoms with Gasteiger partial charge in [-0.25, -0.2) is 0 Å². The summed E-state index contributed by atoms with van der Waals surface area (Å²) in [5, 5.41) is 11.9. The number of fused-ring (bicyclic) bond motifs is 1. The van der Waals surface area contributed by atoms with Crippen LogP contribution in [-0.2, 0) is 7.05 Å². The molecule has 0 saturated heterocycles. The molecule has 18 heavy (non-hydrogen) atoms. The number of hydrogen-bond acceptors (Lipinski definition) is 3. The Balaban J connectivity index is 3.00. The van der Waals surface area contributed by atoms with E-state index < -0.39 is 4.92 Å². The molecular weight excluding hydrogens is 232 g/mol. The van der Waals surface area contributed by atoms with E-state index in [2.05, 4.69) is 6.58 Å². The molecule has 0 atom stereocenters. The fourth-order valence-electron chi connectivity index (χ4n) is 2.16. The van der Waals surface area contributed by atoms with Gasteiger partial charge in [-0.15, -0.1) is 0 Å². The number of nitro groups is 1. The average Bonchev–Trinajstić information content (AvgIpc) is 2.64. The molecular formula is C13H14N2O3. The second-order valence-electron chi connectivity index (χ2n) is 4.08. The van der Waals surface area contributed by atoms with Crippen LogP contribution in [-0.4, -0.2) is 16.6 Å². The molecule has 2 rings (SSSR count). The molecule has 0 aliphatic carbocycles. The molecule has 0 amide bonds. The molecule has 94 valence electrons. The van der Waals surface area contributed by atoms with Crippen LogP contribution in [0.2, 0.25) is 0 Å². The molecule has 0 radical (unpaired) electrons. The maximum Gasteiger partial charge on any atom is 0.281 e. The van der Waals surface area contributed by atoms with Gasteiger partial charge in [0, 0.05) is 18.1 Å². The first-order chi connectivity index (χ1) is 8.51. The van der Waals surface area contributed by atoms with Gasteiger partial charge < -0.3 is 9.30 Å². The lowest BCUT2D eigenvalue weighted by atomic mass is 10.1. The van der Waals surface area contributed by atoms with E-state index in [4.69, 9.17) is 4.74 Å². The third-order valence-electron chi connectivity index (χ3n) is 3.16. The molecule has 0 spiro atoms. The standard InChI is InChI=1S/C13H14N2O3/c1-5-9-10-6-8(2)14(3)13(10)12(18-4)7-11(9)15(16)17/h5-7H,1H2,2-4H3. The summed E-state index contributed by atoms with van der Waals surface area (Å²) in [6.45, 7) is 5.61. The number of rotatable bonds is 3. The Bertz CT molecular complexity index is 656. The summed E-state index contributed by atoms with van der Waals surface area (Å²) in [5.74, 6) is 0.498. The second-order valence-corrected chi connectivity index (χ2v) is 4.08. The van der Waals surface area contributed by atoms with Crippen LogP contribution in [0.1, 0.15) is 11.3 Å². The lowest BCUT2D eigenvalue weighted by Gasteiger charge is -2.08. The topological polar surface area (TPSA) is 57.3 Å². The van der Waals surface area contributed by atoms with Crippen LogP contribution in [0.5, 0.6) is 5.75 Å². The number of aromatic nitrogens is 1. The summed E-state index contributed by atoms with van der Waals surface area (Å²) in [6.07, 6.45) is 1.51. The number of ether oxygens (including phenoxy) is 1. The second kappa shape index (κ2) is 4.18. The fourth-order valence-corrected chi connectivity index (χ4v) is 2.16. The van der Waals surface area contributed by atoms with Gasteiger partial charge in [-0.2, -0.15) is 0 Å². The first-order valence-electron chi connectivity index (χ1n) is 5.45. The molecule has 0 aliphatic heterocycles. The first-order valence-corrected chi connectivity index (χ1v) is 5.45. The summed E-state index contributed by atoms with van der Waals surface area (Å²) in [7, 11) is 3.41. The van der Waals surface area contributed by atoms with Gasteiger partial charge in [0.1, 0.15) is 5.75 Å². The van der Waals surface area contributed by atoms with Crippen molar-refractivity contribution in [3.05, 3.63) is 40.1 Å². The molecule has 0 bridgehead atoms. The summed E-state index contributed by atoms with van der Waals surface area (Å²) < 4.78 is 7.20. The van der Waals surface area contributed by atoms with E-state index in [1.54, 1.807) is 0 Å². The highest BCUT2D eigenvalue weighted by Crippen LogP contribution is 2.37. The molecule has 0 aliphatic rings. The Labute approximate surface area is 104 Å². The predicted molar refractivity (Wildman–Crippen MR) is 71.0 cm³/mol. The molecule has 2 aromatic rings. The SMILES string of the molecule is C=Cc1c([N+](=O)[O-])cc(OC)c2c1cc(C)n2C. The van der Waals surface area contributed by atoms with Crippen molar-refractivity contribution in [2.24, 2.45) is 7.05 Å². The largest absolute Gasteiger partial charge is 0.494 e. The van der Waals surface area contributed by atoms with Gasteiger partial charge >= 0.3 is 0 Å². The van der Waals surface area contributed by atoms with Crippen molar-refractivity contribution < 1.29 is 9.66 Å². The fraction of sp³-hybridized carbons (Fsp3) is 0.231. The van der Waals surface area contributed by atoms with E-state index in [1.807, 2.05) is 24.6 Å². The van der Waals surface area contributed by atoms with Gasteiger partial charge in [0.2, 0.25) is 0 Å².